The summed E-state index contributed by atoms with van der Waals surface area (Å²) in [4.78, 5) is 0.141. The van der Waals surface area contributed by atoms with Gasteiger partial charge in [0.1, 0.15) is 11.2 Å². The Morgan fingerprint density at radius 2 is 1.42 bits per heavy atom. The molecule has 0 unspecified atom stereocenters. The Morgan fingerprint density at radius 1 is 0.895 bits per heavy atom. The van der Waals surface area contributed by atoms with E-state index in [1.54, 1.807) is 24.3 Å². The first-order chi connectivity index (χ1) is 8.68. The van der Waals surface area contributed by atoms with Crippen LogP contribution in [0.1, 0.15) is 6.99 Å². The molecule has 0 atom stereocenters. The molecule has 0 aliphatic heterocycles. The third kappa shape index (κ3) is 4.84. The molecule has 0 saturated heterocycles. The van der Waals surface area contributed by atoms with Gasteiger partial charge in [0.05, 0.1) is 0 Å². The number of hydrogen-bond donors (Lipinski definition) is 0. The molecule has 0 N–H and O–H groups in total. The Kier molecular flexibility index (Phi) is 6.31. The normalized spacial score (nSPS) is 10.9. The van der Waals surface area contributed by atoms with Crippen LogP contribution in [-0.4, -0.2) is 8.42 Å². The van der Waals surface area contributed by atoms with Crippen molar-refractivity contribution in [2.75, 3.05) is 0 Å². The first kappa shape index (κ1) is 16.0. The Morgan fingerprint density at radius 3 is 2.00 bits per heavy atom. The molecule has 2 aromatic carbocycles. The van der Waals surface area contributed by atoms with E-state index in [0.29, 0.717) is 0 Å². The molecule has 0 aliphatic carbocycles. The summed E-state index contributed by atoms with van der Waals surface area (Å²) < 4.78 is 28.3. The minimum absolute atomic E-state index is 0. The molecule has 2 aromatic rings. The summed E-state index contributed by atoms with van der Waals surface area (Å²) in [5.41, 5.74) is 0.876. The van der Waals surface area contributed by atoms with Crippen LogP contribution in [0.15, 0.2) is 71.8 Å². The molecule has 5 heteroatoms. The first-order valence-corrected chi connectivity index (χ1v) is 6.79. The molecular formula is C14H13NaO3S. The Balaban J connectivity index is 0.00000180. The predicted molar refractivity (Wildman–Crippen MR) is 71.3 cm³/mol. The summed E-state index contributed by atoms with van der Waals surface area (Å²) in [6, 6.07) is 17.4. The van der Waals surface area contributed by atoms with Gasteiger partial charge in [0.15, 0.2) is 0 Å². The molecule has 2 rings (SSSR count). The van der Waals surface area contributed by atoms with Crippen molar-refractivity contribution >= 4 is 16.2 Å². The van der Waals surface area contributed by atoms with Crippen LogP contribution in [0.3, 0.4) is 0 Å². The second-order valence-electron chi connectivity index (χ2n) is 3.58. The van der Waals surface area contributed by atoms with Crippen LogP contribution in [0.25, 0.3) is 6.08 Å². The zero-order chi connectivity index (χ0) is 12.8. The van der Waals surface area contributed by atoms with Gasteiger partial charge in [-0.15, -0.1) is 0 Å². The second-order valence-corrected chi connectivity index (χ2v) is 5.15. The molecule has 0 aromatic heterocycles. The second kappa shape index (κ2) is 7.50. The van der Waals surface area contributed by atoms with E-state index in [2.05, 4.69) is 0 Å². The molecule has 94 valence electrons. The van der Waals surface area contributed by atoms with Crippen LogP contribution in [0, 0.1) is 0 Å². The third-order valence-electron chi connectivity index (χ3n) is 2.27. The fourth-order valence-corrected chi connectivity index (χ4v) is 2.19. The van der Waals surface area contributed by atoms with Crippen LogP contribution in [0.2, 0.25) is 0 Å². The maximum absolute atomic E-state index is 11.7. The average molecular weight is 284 g/mol. The summed E-state index contributed by atoms with van der Waals surface area (Å²) in [6.07, 6.45) is 2.78. The van der Waals surface area contributed by atoms with Crippen molar-refractivity contribution in [3.63, 3.8) is 0 Å². The van der Waals surface area contributed by atoms with Crippen molar-refractivity contribution < 1.29 is 43.6 Å². The van der Waals surface area contributed by atoms with Crippen molar-refractivity contribution in [1.29, 1.82) is 0 Å². The van der Waals surface area contributed by atoms with Gasteiger partial charge in [0.25, 0.3) is 0 Å². The van der Waals surface area contributed by atoms with Gasteiger partial charge in [0.2, 0.25) is 0 Å². The smallest absolute Gasteiger partial charge is 1.00 e. The van der Waals surface area contributed by atoms with Crippen molar-refractivity contribution in [2.45, 2.75) is 4.90 Å². The minimum Gasteiger partial charge on any atom is -1.00 e. The molecular weight excluding hydrogens is 271 g/mol. The largest absolute Gasteiger partial charge is 1.00 e. The van der Waals surface area contributed by atoms with E-state index in [9.17, 15) is 8.42 Å². The van der Waals surface area contributed by atoms with Crippen LogP contribution in [0.5, 0.6) is 0 Å². The standard InChI is InChI=1S/C14H12O3S.Na.H/c15-18(16,14-9-5-2-6-10-14)17-12-11-13-7-3-1-4-8-13;;/h1-12H;;/q;+1;-1. The third-order valence-corrected chi connectivity index (χ3v) is 3.49. The summed E-state index contributed by atoms with van der Waals surface area (Å²) >= 11 is 0. The van der Waals surface area contributed by atoms with Gasteiger partial charge in [0, 0.05) is 0 Å². The summed E-state index contributed by atoms with van der Waals surface area (Å²) in [5, 5.41) is 0. The number of benzene rings is 2. The molecule has 0 aliphatic rings. The molecule has 0 bridgehead atoms. The molecule has 0 radical (unpaired) electrons. The maximum atomic E-state index is 11.7. The maximum Gasteiger partial charge on any atom is 1.00 e. The van der Waals surface area contributed by atoms with E-state index >= 15 is 0 Å². The van der Waals surface area contributed by atoms with Gasteiger partial charge in [-0.25, -0.2) is 0 Å². The van der Waals surface area contributed by atoms with Crippen LogP contribution >= 0.6 is 0 Å². The fraction of sp³-hybridized carbons (Fsp3) is 0. The summed E-state index contributed by atoms with van der Waals surface area (Å²) in [5.74, 6) is 0. The fourth-order valence-electron chi connectivity index (χ4n) is 1.39. The first-order valence-electron chi connectivity index (χ1n) is 5.38. The van der Waals surface area contributed by atoms with E-state index in [1.807, 2.05) is 30.3 Å². The molecule has 0 amide bonds. The number of hydrogen-bond acceptors (Lipinski definition) is 3. The zero-order valence-corrected chi connectivity index (χ0v) is 13.4. The van der Waals surface area contributed by atoms with E-state index in [0.717, 1.165) is 5.56 Å². The zero-order valence-electron chi connectivity index (χ0n) is 11.6. The molecule has 0 spiro atoms. The SMILES string of the molecule is O=S(=O)(OC=Cc1ccccc1)c1ccccc1.[H-].[Na+]. The van der Waals surface area contributed by atoms with E-state index < -0.39 is 10.1 Å². The number of rotatable bonds is 4. The van der Waals surface area contributed by atoms with Crippen molar-refractivity contribution in [2.24, 2.45) is 0 Å². The molecule has 0 fully saturated rings. The molecule has 0 heterocycles. The Bertz CT molecular complexity index is 628. The van der Waals surface area contributed by atoms with Crippen LogP contribution in [-0.2, 0) is 14.3 Å². The monoisotopic (exact) mass is 284 g/mol. The summed E-state index contributed by atoms with van der Waals surface area (Å²) in [7, 11) is -3.72. The minimum atomic E-state index is -3.72. The van der Waals surface area contributed by atoms with Gasteiger partial charge >= 0.3 is 39.7 Å². The molecule has 19 heavy (non-hydrogen) atoms. The molecule has 3 nitrogen and oxygen atoms in total. The van der Waals surface area contributed by atoms with Gasteiger partial charge in [-0.1, -0.05) is 48.5 Å². The van der Waals surface area contributed by atoms with E-state index in [-0.39, 0.29) is 35.9 Å². The van der Waals surface area contributed by atoms with Crippen molar-refractivity contribution in [3.05, 3.63) is 72.5 Å². The van der Waals surface area contributed by atoms with Gasteiger partial charge in [-0.3, -0.25) is 0 Å². The Hall–Kier alpha value is -1.07. The van der Waals surface area contributed by atoms with Crippen LogP contribution < -0.4 is 29.6 Å². The van der Waals surface area contributed by atoms with Crippen molar-refractivity contribution in [1.82, 2.24) is 0 Å². The quantitative estimate of drug-likeness (QED) is 0.457. The van der Waals surface area contributed by atoms with Gasteiger partial charge in [-0.2, -0.15) is 8.42 Å². The topological polar surface area (TPSA) is 43.4 Å². The summed E-state index contributed by atoms with van der Waals surface area (Å²) in [6.45, 7) is 0. The van der Waals surface area contributed by atoms with Gasteiger partial charge < -0.3 is 5.61 Å². The van der Waals surface area contributed by atoms with Crippen molar-refractivity contribution in [3.8, 4) is 0 Å². The van der Waals surface area contributed by atoms with E-state index in [1.165, 1.54) is 18.4 Å². The molecule has 0 saturated carbocycles. The predicted octanol–water partition coefficient (Wildman–Crippen LogP) is 0.179. The average Bonchev–Trinajstić information content (AvgIpc) is 2.41. The Labute approximate surface area is 136 Å². The van der Waals surface area contributed by atoms with Crippen LogP contribution in [0.4, 0.5) is 0 Å². The van der Waals surface area contributed by atoms with Gasteiger partial charge in [-0.05, 0) is 23.8 Å². The van der Waals surface area contributed by atoms with E-state index in [4.69, 9.17) is 4.18 Å².